The fourth-order valence-electron chi connectivity index (χ4n) is 1.33. The van der Waals surface area contributed by atoms with Crippen LogP contribution in [0.1, 0.15) is 12.8 Å². The molecule has 1 atom stereocenters. The third-order valence-corrected chi connectivity index (χ3v) is 2.07. The van der Waals surface area contributed by atoms with Gasteiger partial charge in [0.2, 0.25) is 0 Å². The van der Waals surface area contributed by atoms with Crippen molar-refractivity contribution in [3.05, 3.63) is 0 Å². The Bertz CT molecular complexity index is 179. The van der Waals surface area contributed by atoms with Crippen molar-refractivity contribution in [1.29, 1.82) is 0 Å². The molecule has 1 amide bonds. The molecular formula is C7H12N2O2. The van der Waals surface area contributed by atoms with Crippen molar-refractivity contribution < 1.29 is 9.53 Å². The standard InChI is InChI=1S/C7H12N2O2/c8-5-3-9(6-1-2-6)7(10)11-4-5/h5-6H,1-4,8H2. The molecule has 0 aromatic heterocycles. The van der Waals surface area contributed by atoms with Gasteiger partial charge in [-0.2, -0.15) is 0 Å². The lowest BCUT2D eigenvalue weighted by atomic mass is 10.3. The fraction of sp³-hybridized carbons (Fsp3) is 0.857. The van der Waals surface area contributed by atoms with Crippen molar-refractivity contribution in [1.82, 2.24) is 4.90 Å². The summed E-state index contributed by atoms with van der Waals surface area (Å²) in [7, 11) is 0. The van der Waals surface area contributed by atoms with E-state index in [4.69, 9.17) is 10.5 Å². The van der Waals surface area contributed by atoms with Gasteiger partial charge in [0.25, 0.3) is 0 Å². The summed E-state index contributed by atoms with van der Waals surface area (Å²) < 4.78 is 4.87. The molecule has 0 aromatic carbocycles. The first-order valence-corrected chi connectivity index (χ1v) is 3.96. The molecule has 1 saturated heterocycles. The lowest BCUT2D eigenvalue weighted by Gasteiger charge is -2.30. The minimum Gasteiger partial charge on any atom is -0.448 e. The molecule has 4 heteroatoms. The topological polar surface area (TPSA) is 55.6 Å². The van der Waals surface area contributed by atoms with E-state index in [1.54, 1.807) is 4.90 Å². The predicted molar refractivity (Wildman–Crippen MR) is 39.1 cm³/mol. The minimum atomic E-state index is -0.186. The summed E-state index contributed by atoms with van der Waals surface area (Å²) in [5, 5.41) is 0. The molecule has 4 nitrogen and oxygen atoms in total. The smallest absolute Gasteiger partial charge is 0.410 e. The highest BCUT2D eigenvalue weighted by Crippen LogP contribution is 2.28. The number of ether oxygens (including phenoxy) is 1. The second-order valence-corrected chi connectivity index (χ2v) is 3.22. The van der Waals surface area contributed by atoms with Gasteiger partial charge < -0.3 is 15.4 Å². The zero-order valence-corrected chi connectivity index (χ0v) is 6.32. The van der Waals surface area contributed by atoms with E-state index in [0.717, 1.165) is 12.8 Å². The highest BCUT2D eigenvalue weighted by atomic mass is 16.6. The number of nitrogens with two attached hydrogens (primary N) is 1. The van der Waals surface area contributed by atoms with Gasteiger partial charge in [0.1, 0.15) is 6.61 Å². The summed E-state index contributed by atoms with van der Waals surface area (Å²) in [6.45, 7) is 1.05. The SMILES string of the molecule is NC1COC(=O)N(C2CC2)C1. The first-order valence-electron chi connectivity index (χ1n) is 3.96. The maximum absolute atomic E-state index is 11.1. The summed E-state index contributed by atoms with van der Waals surface area (Å²) in [6.07, 6.45) is 2.04. The van der Waals surface area contributed by atoms with Crippen LogP contribution in [0, 0.1) is 0 Å². The Labute approximate surface area is 65.3 Å². The maximum atomic E-state index is 11.1. The molecule has 2 aliphatic rings. The van der Waals surface area contributed by atoms with Crippen molar-refractivity contribution in [3.8, 4) is 0 Å². The second-order valence-electron chi connectivity index (χ2n) is 3.22. The van der Waals surface area contributed by atoms with Crippen LogP contribution in [-0.2, 0) is 4.74 Å². The van der Waals surface area contributed by atoms with Gasteiger partial charge in [-0.05, 0) is 12.8 Å². The molecule has 0 radical (unpaired) electrons. The van der Waals surface area contributed by atoms with E-state index in [0.29, 0.717) is 19.2 Å². The van der Waals surface area contributed by atoms with E-state index < -0.39 is 0 Å². The number of carbonyl (C=O) groups is 1. The predicted octanol–water partition coefficient (Wildman–Crippen LogP) is -0.0717. The van der Waals surface area contributed by atoms with Gasteiger partial charge in [-0.15, -0.1) is 0 Å². The molecular weight excluding hydrogens is 144 g/mol. The van der Waals surface area contributed by atoms with E-state index in [1.165, 1.54) is 0 Å². The molecule has 1 saturated carbocycles. The van der Waals surface area contributed by atoms with Crippen LogP contribution in [0.2, 0.25) is 0 Å². The van der Waals surface area contributed by atoms with Crippen LogP contribution in [0.4, 0.5) is 4.79 Å². The Hall–Kier alpha value is -0.770. The van der Waals surface area contributed by atoms with Crippen LogP contribution in [0.25, 0.3) is 0 Å². The van der Waals surface area contributed by atoms with Crippen LogP contribution in [0.15, 0.2) is 0 Å². The Morgan fingerprint density at radius 3 is 2.91 bits per heavy atom. The van der Waals surface area contributed by atoms with Crippen molar-refractivity contribution in [2.75, 3.05) is 13.2 Å². The van der Waals surface area contributed by atoms with Crippen molar-refractivity contribution in [2.24, 2.45) is 5.73 Å². The van der Waals surface area contributed by atoms with E-state index in [-0.39, 0.29) is 12.1 Å². The van der Waals surface area contributed by atoms with Crippen LogP contribution in [-0.4, -0.2) is 36.2 Å². The number of carbonyl (C=O) groups excluding carboxylic acids is 1. The average Bonchev–Trinajstić information content (AvgIpc) is 2.76. The maximum Gasteiger partial charge on any atom is 0.410 e. The average molecular weight is 156 g/mol. The number of hydrogen-bond donors (Lipinski definition) is 1. The Balaban J connectivity index is 1.98. The summed E-state index contributed by atoms with van der Waals surface area (Å²) in [6, 6.07) is 0.433. The van der Waals surface area contributed by atoms with Crippen molar-refractivity contribution >= 4 is 6.09 Å². The molecule has 0 spiro atoms. The third-order valence-electron chi connectivity index (χ3n) is 2.07. The Kier molecular flexibility index (Phi) is 1.49. The molecule has 1 aliphatic carbocycles. The molecule has 1 heterocycles. The van der Waals surface area contributed by atoms with Crippen LogP contribution in [0.3, 0.4) is 0 Å². The zero-order valence-electron chi connectivity index (χ0n) is 6.32. The third kappa shape index (κ3) is 1.30. The first kappa shape index (κ1) is 6.91. The van der Waals surface area contributed by atoms with Crippen LogP contribution in [0.5, 0.6) is 0 Å². The first-order chi connectivity index (χ1) is 5.27. The van der Waals surface area contributed by atoms with Crippen molar-refractivity contribution in [3.63, 3.8) is 0 Å². The Morgan fingerprint density at radius 2 is 2.27 bits per heavy atom. The molecule has 62 valence electrons. The lowest BCUT2D eigenvalue weighted by molar-refractivity contribution is 0.0599. The van der Waals surface area contributed by atoms with E-state index >= 15 is 0 Å². The fourth-order valence-corrected chi connectivity index (χ4v) is 1.33. The van der Waals surface area contributed by atoms with Gasteiger partial charge >= 0.3 is 6.09 Å². The molecule has 2 N–H and O–H groups in total. The van der Waals surface area contributed by atoms with Gasteiger partial charge in [-0.1, -0.05) is 0 Å². The second kappa shape index (κ2) is 2.37. The summed E-state index contributed by atoms with van der Waals surface area (Å²) in [5.74, 6) is 0. The van der Waals surface area contributed by atoms with E-state index in [9.17, 15) is 4.79 Å². The highest BCUT2D eigenvalue weighted by molar-refractivity contribution is 5.69. The van der Waals surface area contributed by atoms with E-state index in [2.05, 4.69) is 0 Å². The molecule has 0 aromatic rings. The van der Waals surface area contributed by atoms with Crippen LogP contribution < -0.4 is 5.73 Å². The largest absolute Gasteiger partial charge is 0.448 e. The van der Waals surface area contributed by atoms with Gasteiger partial charge in [-0.25, -0.2) is 4.79 Å². The summed E-state index contributed by atoms with van der Waals surface area (Å²) >= 11 is 0. The zero-order chi connectivity index (χ0) is 7.84. The van der Waals surface area contributed by atoms with Gasteiger partial charge in [-0.3, -0.25) is 0 Å². The number of amides is 1. The highest BCUT2D eigenvalue weighted by Gasteiger charge is 2.36. The molecule has 0 bridgehead atoms. The quantitative estimate of drug-likeness (QED) is 0.578. The number of cyclic esters (lactones) is 1. The van der Waals surface area contributed by atoms with Gasteiger partial charge in [0, 0.05) is 12.6 Å². The lowest BCUT2D eigenvalue weighted by Crippen LogP contribution is -2.50. The summed E-state index contributed by atoms with van der Waals surface area (Å²) in [4.78, 5) is 12.8. The molecule has 2 fully saturated rings. The molecule has 11 heavy (non-hydrogen) atoms. The molecule has 2 rings (SSSR count). The number of hydrogen-bond acceptors (Lipinski definition) is 3. The number of nitrogens with zero attached hydrogens (tertiary/aromatic N) is 1. The Morgan fingerprint density at radius 1 is 1.55 bits per heavy atom. The molecule has 1 unspecified atom stereocenters. The van der Waals surface area contributed by atoms with Gasteiger partial charge in [0.05, 0.1) is 6.04 Å². The van der Waals surface area contributed by atoms with Crippen LogP contribution >= 0.6 is 0 Å². The minimum absolute atomic E-state index is 0.00769. The van der Waals surface area contributed by atoms with E-state index in [1.807, 2.05) is 0 Å². The monoisotopic (exact) mass is 156 g/mol. The normalized spacial score (nSPS) is 31.9. The van der Waals surface area contributed by atoms with Crippen molar-refractivity contribution in [2.45, 2.75) is 24.9 Å². The summed E-state index contributed by atoms with van der Waals surface area (Å²) in [5.41, 5.74) is 5.63. The molecule has 1 aliphatic heterocycles. The van der Waals surface area contributed by atoms with Gasteiger partial charge in [0.15, 0.2) is 0 Å². The number of rotatable bonds is 1.